The Balaban J connectivity index is 2.48. The van der Waals surface area contributed by atoms with Crippen LogP contribution in [0.3, 0.4) is 0 Å². The van der Waals surface area contributed by atoms with Gasteiger partial charge in [-0.2, -0.15) is 0 Å². The van der Waals surface area contributed by atoms with Gasteiger partial charge in [0, 0.05) is 15.4 Å². The first-order chi connectivity index (χ1) is 9.30. The van der Waals surface area contributed by atoms with E-state index < -0.39 is 0 Å². The van der Waals surface area contributed by atoms with Gasteiger partial charge in [-0.15, -0.1) is 11.8 Å². The molecule has 2 aromatic carbocycles. The Morgan fingerprint density at radius 3 is 2.58 bits per heavy atom. The highest BCUT2D eigenvalue weighted by atomic mass is 32.2. The highest BCUT2D eigenvalue weighted by molar-refractivity contribution is 7.98. The first-order valence-corrected chi connectivity index (χ1v) is 7.90. The van der Waals surface area contributed by atoms with E-state index in [0.29, 0.717) is 5.56 Å². The summed E-state index contributed by atoms with van der Waals surface area (Å²) < 4.78 is 2.99. The molecule has 98 valence electrons. The number of carbonyl (C=O) groups excluding carboxylic acids is 1. The van der Waals surface area contributed by atoms with Crippen LogP contribution in [0.1, 0.15) is 10.4 Å². The fourth-order valence-electron chi connectivity index (χ4n) is 1.89. The van der Waals surface area contributed by atoms with Crippen LogP contribution in [0.15, 0.2) is 52.3 Å². The third-order valence-electron chi connectivity index (χ3n) is 2.77. The molecule has 0 aliphatic rings. The average Bonchev–Trinajstić information content (AvgIpc) is 2.48. The maximum Gasteiger partial charge on any atom is 0.151 e. The number of carbonyl (C=O) groups is 1. The molecule has 0 amide bonds. The van der Waals surface area contributed by atoms with Crippen LogP contribution >= 0.6 is 23.7 Å². The molecule has 2 rings (SSSR count). The molecule has 0 aliphatic heterocycles. The number of hydrogen-bond donors (Lipinski definition) is 1. The normalized spacial score (nSPS) is 10.4. The van der Waals surface area contributed by atoms with E-state index in [1.54, 1.807) is 11.8 Å². The van der Waals surface area contributed by atoms with Gasteiger partial charge in [0.1, 0.15) is 0 Å². The van der Waals surface area contributed by atoms with Crippen molar-refractivity contribution in [3.63, 3.8) is 0 Å². The van der Waals surface area contributed by atoms with Crippen LogP contribution in [-0.4, -0.2) is 19.6 Å². The fourth-order valence-corrected chi connectivity index (χ4v) is 3.10. The van der Waals surface area contributed by atoms with Gasteiger partial charge in [-0.25, -0.2) is 0 Å². The smallest absolute Gasteiger partial charge is 0.151 e. The van der Waals surface area contributed by atoms with Gasteiger partial charge in [-0.1, -0.05) is 24.3 Å². The SMILES string of the molecule is CNSc1ccc(-c2ccccc2SC)cc1C=O. The van der Waals surface area contributed by atoms with Crippen molar-refractivity contribution in [3.05, 3.63) is 48.0 Å². The molecule has 19 heavy (non-hydrogen) atoms. The van der Waals surface area contributed by atoms with Crippen molar-refractivity contribution in [2.45, 2.75) is 9.79 Å². The Kier molecular flexibility index (Phi) is 5.07. The van der Waals surface area contributed by atoms with Gasteiger partial charge in [0.25, 0.3) is 0 Å². The molecule has 2 nitrogen and oxygen atoms in total. The lowest BCUT2D eigenvalue weighted by Crippen LogP contribution is -1.95. The highest BCUT2D eigenvalue weighted by Gasteiger charge is 2.08. The predicted octanol–water partition coefficient (Wildman–Crippen LogP) is 4.11. The summed E-state index contributed by atoms with van der Waals surface area (Å²) in [5, 5.41) is 0. The number of aldehydes is 1. The molecule has 4 heteroatoms. The van der Waals surface area contributed by atoms with E-state index in [2.05, 4.69) is 29.2 Å². The first kappa shape index (κ1) is 14.2. The Labute approximate surface area is 122 Å². The number of benzene rings is 2. The zero-order chi connectivity index (χ0) is 13.7. The monoisotopic (exact) mass is 289 g/mol. The van der Waals surface area contributed by atoms with Crippen LogP contribution < -0.4 is 4.72 Å². The molecule has 2 aromatic rings. The molecule has 0 fully saturated rings. The van der Waals surface area contributed by atoms with Crippen LogP contribution in [0.5, 0.6) is 0 Å². The van der Waals surface area contributed by atoms with Gasteiger partial charge in [-0.05, 0) is 54.6 Å². The molecule has 0 bridgehead atoms. The summed E-state index contributed by atoms with van der Waals surface area (Å²) in [5.74, 6) is 0. The van der Waals surface area contributed by atoms with Crippen LogP contribution in [0, 0.1) is 0 Å². The Hall–Kier alpha value is -1.23. The lowest BCUT2D eigenvalue weighted by molar-refractivity contribution is 0.112. The second-order valence-electron chi connectivity index (χ2n) is 3.88. The summed E-state index contributed by atoms with van der Waals surface area (Å²) in [4.78, 5) is 13.4. The standard InChI is InChI=1S/C15H15NOS2/c1-16-19-14-8-7-11(9-12(14)10-17)13-5-3-4-6-15(13)18-2/h3-10,16H,1-2H3. The van der Waals surface area contributed by atoms with Crippen LogP contribution in [0.25, 0.3) is 11.1 Å². The summed E-state index contributed by atoms with van der Waals surface area (Å²) in [6.07, 6.45) is 2.97. The average molecular weight is 289 g/mol. The minimum atomic E-state index is 0.716. The van der Waals surface area contributed by atoms with E-state index in [-0.39, 0.29) is 0 Å². The van der Waals surface area contributed by atoms with Gasteiger partial charge in [0.15, 0.2) is 6.29 Å². The van der Waals surface area contributed by atoms with Crippen molar-refractivity contribution in [1.29, 1.82) is 0 Å². The lowest BCUT2D eigenvalue weighted by atomic mass is 10.0. The van der Waals surface area contributed by atoms with Crippen LogP contribution in [0.2, 0.25) is 0 Å². The minimum absolute atomic E-state index is 0.716. The van der Waals surface area contributed by atoms with E-state index in [4.69, 9.17) is 0 Å². The maximum atomic E-state index is 11.2. The second kappa shape index (κ2) is 6.80. The van der Waals surface area contributed by atoms with Crippen LogP contribution in [-0.2, 0) is 0 Å². The fraction of sp³-hybridized carbons (Fsp3) is 0.133. The maximum absolute atomic E-state index is 11.2. The van der Waals surface area contributed by atoms with Crippen molar-refractivity contribution in [1.82, 2.24) is 4.72 Å². The van der Waals surface area contributed by atoms with Gasteiger partial charge in [-0.3, -0.25) is 9.52 Å². The van der Waals surface area contributed by atoms with E-state index in [9.17, 15) is 4.79 Å². The van der Waals surface area contributed by atoms with E-state index in [1.807, 2.05) is 31.3 Å². The molecule has 0 saturated heterocycles. The van der Waals surface area contributed by atoms with E-state index in [1.165, 1.54) is 22.4 Å². The van der Waals surface area contributed by atoms with Crippen molar-refractivity contribution in [3.8, 4) is 11.1 Å². The molecule has 0 aliphatic carbocycles. The molecule has 0 radical (unpaired) electrons. The minimum Gasteiger partial charge on any atom is -0.298 e. The van der Waals surface area contributed by atoms with Crippen molar-refractivity contribution >= 4 is 30.0 Å². The molecule has 0 spiro atoms. The van der Waals surface area contributed by atoms with Crippen molar-refractivity contribution < 1.29 is 4.79 Å². The number of thioether (sulfide) groups is 1. The molecular formula is C15H15NOS2. The van der Waals surface area contributed by atoms with Gasteiger partial charge in [0.2, 0.25) is 0 Å². The Morgan fingerprint density at radius 2 is 1.89 bits per heavy atom. The van der Waals surface area contributed by atoms with E-state index >= 15 is 0 Å². The molecule has 1 N–H and O–H groups in total. The summed E-state index contributed by atoms with van der Waals surface area (Å²) >= 11 is 3.17. The lowest BCUT2D eigenvalue weighted by Gasteiger charge is -2.10. The zero-order valence-corrected chi connectivity index (χ0v) is 12.5. The van der Waals surface area contributed by atoms with Crippen molar-refractivity contribution in [2.24, 2.45) is 0 Å². The summed E-state index contributed by atoms with van der Waals surface area (Å²) in [7, 11) is 1.84. The zero-order valence-electron chi connectivity index (χ0n) is 10.8. The predicted molar refractivity (Wildman–Crippen MR) is 84.0 cm³/mol. The number of nitrogens with one attached hydrogen (secondary N) is 1. The molecule has 0 unspecified atom stereocenters. The van der Waals surface area contributed by atoms with E-state index in [0.717, 1.165) is 16.7 Å². The molecule has 0 aromatic heterocycles. The van der Waals surface area contributed by atoms with Crippen molar-refractivity contribution in [2.75, 3.05) is 13.3 Å². The summed E-state index contributed by atoms with van der Waals surface area (Å²) in [6.45, 7) is 0. The number of hydrogen-bond acceptors (Lipinski definition) is 4. The summed E-state index contributed by atoms with van der Waals surface area (Å²) in [6, 6.07) is 14.2. The second-order valence-corrected chi connectivity index (χ2v) is 5.78. The molecule has 0 heterocycles. The largest absolute Gasteiger partial charge is 0.298 e. The topological polar surface area (TPSA) is 29.1 Å². The third kappa shape index (κ3) is 3.21. The Morgan fingerprint density at radius 1 is 1.11 bits per heavy atom. The summed E-state index contributed by atoms with van der Waals surface area (Å²) in [5.41, 5.74) is 2.96. The molecular weight excluding hydrogens is 274 g/mol. The van der Waals surface area contributed by atoms with Gasteiger partial charge >= 0.3 is 0 Å². The quantitative estimate of drug-likeness (QED) is 0.509. The van der Waals surface area contributed by atoms with Crippen LogP contribution in [0.4, 0.5) is 0 Å². The number of rotatable bonds is 5. The van der Waals surface area contributed by atoms with Gasteiger partial charge in [0.05, 0.1) is 0 Å². The highest BCUT2D eigenvalue weighted by Crippen LogP contribution is 2.32. The molecule has 0 saturated carbocycles. The Bertz CT molecular complexity index is 584. The van der Waals surface area contributed by atoms with Gasteiger partial charge < -0.3 is 0 Å². The first-order valence-electron chi connectivity index (χ1n) is 5.86. The molecule has 0 atom stereocenters. The third-order valence-corrected chi connectivity index (χ3v) is 4.36.